The maximum Gasteiger partial charge on any atom is 0.237 e. The van der Waals surface area contributed by atoms with Gasteiger partial charge in [-0.1, -0.05) is 18.2 Å². The summed E-state index contributed by atoms with van der Waals surface area (Å²) >= 11 is 0. The number of hydrogen-bond donors (Lipinski definition) is 0. The number of halogens is 1. The second-order valence-electron chi connectivity index (χ2n) is 7.15. The number of carbonyl (C=O) groups is 1. The van der Waals surface area contributed by atoms with Crippen molar-refractivity contribution in [3.05, 3.63) is 58.9 Å². The SMILES string of the molecule is COc1cc2c(cc1OC)CN(C(=O)CN(C)[C@H](C)c1ccccc1F)CC2. The predicted octanol–water partition coefficient (Wildman–Crippen LogP) is 3.42. The molecule has 0 bridgehead atoms. The third-order valence-corrected chi connectivity index (χ3v) is 5.47. The summed E-state index contributed by atoms with van der Waals surface area (Å²) in [4.78, 5) is 16.6. The van der Waals surface area contributed by atoms with Crippen molar-refractivity contribution in [2.75, 3.05) is 34.4 Å². The molecule has 6 heteroatoms. The van der Waals surface area contributed by atoms with Gasteiger partial charge in [-0.2, -0.15) is 0 Å². The van der Waals surface area contributed by atoms with Gasteiger partial charge < -0.3 is 14.4 Å². The molecule has 1 heterocycles. The Morgan fingerprint density at radius 1 is 1.18 bits per heavy atom. The minimum atomic E-state index is -0.248. The van der Waals surface area contributed by atoms with Gasteiger partial charge in [-0.15, -0.1) is 0 Å². The molecular weight excluding hydrogens is 359 g/mol. The molecule has 1 aliphatic heterocycles. The van der Waals surface area contributed by atoms with Gasteiger partial charge in [0.2, 0.25) is 5.91 Å². The maximum atomic E-state index is 14.0. The summed E-state index contributed by atoms with van der Waals surface area (Å²) in [5.41, 5.74) is 2.84. The van der Waals surface area contributed by atoms with Gasteiger partial charge in [0.05, 0.1) is 20.8 Å². The molecule has 0 aliphatic carbocycles. The molecule has 150 valence electrons. The van der Waals surface area contributed by atoms with Gasteiger partial charge in [-0.3, -0.25) is 9.69 Å². The predicted molar refractivity (Wildman–Crippen MR) is 106 cm³/mol. The Balaban J connectivity index is 1.68. The number of hydrogen-bond acceptors (Lipinski definition) is 4. The Morgan fingerprint density at radius 2 is 1.82 bits per heavy atom. The average molecular weight is 386 g/mol. The Kier molecular flexibility index (Phi) is 6.19. The minimum Gasteiger partial charge on any atom is -0.493 e. The molecule has 28 heavy (non-hydrogen) atoms. The second kappa shape index (κ2) is 8.61. The minimum absolute atomic E-state index is 0.0334. The van der Waals surface area contributed by atoms with Crippen molar-refractivity contribution in [2.24, 2.45) is 0 Å². The average Bonchev–Trinajstić information content (AvgIpc) is 2.71. The Bertz CT molecular complexity index is 856. The van der Waals surface area contributed by atoms with Crippen LogP contribution in [-0.2, 0) is 17.8 Å². The zero-order valence-corrected chi connectivity index (χ0v) is 16.9. The van der Waals surface area contributed by atoms with E-state index in [0.717, 1.165) is 12.0 Å². The van der Waals surface area contributed by atoms with E-state index in [0.29, 0.717) is 30.2 Å². The highest BCUT2D eigenvalue weighted by Gasteiger charge is 2.25. The van der Waals surface area contributed by atoms with E-state index in [9.17, 15) is 9.18 Å². The summed E-state index contributed by atoms with van der Waals surface area (Å²) in [6.07, 6.45) is 0.772. The van der Waals surface area contributed by atoms with Gasteiger partial charge in [0.1, 0.15) is 5.82 Å². The first-order valence-electron chi connectivity index (χ1n) is 9.40. The zero-order valence-electron chi connectivity index (χ0n) is 16.9. The summed E-state index contributed by atoms with van der Waals surface area (Å²) in [5, 5.41) is 0. The van der Waals surface area contributed by atoms with Crippen LogP contribution >= 0.6 is 0 Å². The molecule has 0 saturated heterocycles. The van der Waals surface area contributed by atoms with Crippen LogP contribution in [0.4, 0.5) is 4.39 Å². The van der Waals surface area contributed by atoms with Crippen molar-refractivity contribution < 1.29 is 18.7 Å². The van der Waals surface area contributed by atoms with Crippen LogP contribution in [0.2, 0.25) is 0 Å². The smallest absolute Gasteiger partial charge is 0.237 e. The van der Waals surface area contributed by atoms with Crippen LogP contribution in [0.25, 0.3) is 0 Å². The van der Waals surface area contributed by atoms with Crippen LogP contribution in [0.15, 0.2) is 36.4 Å². The largest absolute Gasteiger partial charge is 0.493 e. The molecule has 1 atom stereocenters. The lowest BCUT2D eigenvalue weighted by molar-refractivity contribution is -0.133. The molecule has 0 unspecified atom stereocenters. The van der Waals surface area contributed by atoms with Gasteiger partial charge in [-0.25, -0.2) is 4.39 Å². The maximum absolute atomic E-state index is 14.0. The second-order valence-corrected chi connectivity index (χ2v) is 7.15. The van der Waals surface area contributed by atoms with E-state index in [1.165, 1.54) is 11.6 Å². The van der Waals surface area contributed by atoms with Crippen LogP contribution in [-0.4, -0.2) is 50.1 Å². The normalized spacial score (nSPS) is 14.6. The number of methoxy groups -OCH3 is 2. The fraction of sp³-hybridized carbons (Fsp3) is 0.409. The first-order valence-corrected chi connectivity index (χ1v) is 9.40. The monoisotopic (exact) mass is 386 g/mol. The van der Waals surface area contributed by atoms with E-state index in [4.69, 9.17) is 9.47 Å². The van der Waals surface area contributed by atoms with Crippen molar-refractivity contribution in [1.82, 2.24) is 9.80 Å². The lowest BCUT2D eigenvalue weighted by Gasteiger charge is -2.32. The standard InChI is InChI=1S/C22H27FN2O3/c1-15(18-7-5-6-8-19(18)23)24(2)14-22(26)25-10-9-16-11-20(27-3)21(28-4)12-17(16)13-25/h5-8,11-12,15H,9-10,13-14H2,1-4H3/t15-/m1/s1. The number of amides is 1. The van der Waals surface area contributed by atoms with Gasteiger partial charge in [0, 0.05) is 24.7 Å². The van der Waals surface area contributed by atoms with Crippen molar-refractivity contribution in [2.45, 2.75) is 25.9 Å². The van der Waals surface area contributed by atoms with Gasteiger partial charge in [0.25, 0.3) is 0 Å². The van der Waals surface area contributed by atoms with E-state index in [2.05, 4.69) is 0 Å². The molecule has 0 N–H and O–H groups in total. The highest BCUT2D eigenvalue weighted by atomic mass is 19.1. The summed E-state index contributed by atoms with van der Waals surface area (Å²) in [6, 6.07) is 10.4. The van der Waals surface area contributed by atoms with Crippen LogP contribution in [0.5, 0.6) is 11.5 Å². The van der Waals surface area contributed by atoms with Crippen LogP contribution in [0.1, 0.15) is 29.7 Å². The third-order valence-electron chi connectivity index (χ3n) is 5.47. The van der Waals surface area contributed by atoms with Gasteiger partial charge >= 0.3 is 0 Å². The van der Waals surface area contributed by atoms with E-state index in [1.54, 1.807) is 26.4 Å². The number of benzene rings is 2. The molecule has 2 aromatic rings. The van der Waals surface area contributed by atoms with Crippen LogP contribution in [0, 0.1) is 5.82 Å². The van der Waals surface area contributed by atoms with E-state index in [1.807, 2.05) is 42.0 Å². The summed E-state index contributed by atoms with van der Waals surface area (Å²) < 4.78 is 24.8. The van der Waals surface area contributed by atoms with Crippen molar-refractivity contribution in [3.63, 3.8) is 0 Å². The van der Waals surface area contributed by atoms with E-state index in [-0.39, 0.29) is 24.3 Å². The number of fused-ring (bicyclic) bond motifs is 1. The Hall–Kier alpha value is -2.60. The molecule has 5 nitrogen and oxygen atoms in total. The van der Waals surface area contributed by atoms with Crippen LogP contribution in [0.3, 0.4) is 0 Å². The molecule has 1 amide bonds. The van der Waals surface area contributed by atoms with Gasteiger partial charge in [0.15, 0.2) is 11.5 Å². The summed E-state index contributed by atoms with van der Waals surface area (Å²) in [5.74, 6) is 1.16. The topological polar surface area (TPSA) is 42.0 Å². The molecular formula is C22H27FN2O3. The van der Waals surface area contributed by atoms with Crippen molar-refractivity contribution in [1.29, 1.82) is 0 Å². The van der Waals surface area contributed by atoms with E-state index >= 15 is 0 Å². The highest BCUT2D eigenvalue weighted by molar-refractivity contribution is 5.78. The van der Waals surface area contributed by atoms with Crippen molar-refractivity contribution in [3.8, 4) is 11.5 Å². The van der Waals surface area contributed by atoms with Gasteiger partial charge in [-0.05, 0) is 49.7 Å². The lowest BCUT2D eigenvalue weighted by atomic mass is 9.98. The fourth-order valence-corrected chi connectivity index (χ4v) is 3.60. The number of ether oxygens (including phenoxy) is 2. The number of nitrogens with zero attached hydrogens (tertiary/aromatic N) is 2. The zero-order chi connectivity index (χ0) is 20.3. The molecule has 2 aromatic carbocycles. The number of likely N-dealkylation sites (N-methyl/N-ethyl adjacent to an activating group) is 1. The van der Waals surface area contributed by atoms with Crippen molar-refractivity contribution >= 4 is 5.91 Å². The number of rotatable bonds is 6. The van der Waals surface area contributed by atoms with Crippen LogP contribution < -0.4 is 9.47 Å². The molecule has 1 aliphatic rings. The number of carbonyl (C=O) groups excluding carboxylic acids is 1. The Morgan fingerprint density at radius 3 is 2.46 bits per heavy atom. The Labute approximate surface area is 165 Å². The third kappa shape index (κ3) is 4.12. The first kappa shape index (κ1) is 20.1. The summed E-state index contributed by atoms with van der Waals surface area (Å²) in [6.45, 7) is 3.34. The molecule has 0 radical (unpaired) electrons. The molecule has 3 rings (SSSR count). The molecule has 0 aromatic heterocycles. The molecule has 0 spiro atoms. The molecule has 0 saturated carbocycles. The quantitative estimate of drug-likeness (QED) is 0.763. The first-order chi connectivity index (χ1) is 13.4. The fourth-order valence-electron chi connectivity index (χ4n) is 3.60. The lowest BCUT2D eigenvalue weighted by Crippen LogP contribution is -2.42. The van der Waals surface area contributed by atoms with E-state index < -0.39 is 0 Å². The molecule has 0 fully saturated rings. The highest BCUT2D eigenvalue weighted by Crippen LogP contribution is 2.33. The summed E-state index contributed by atoms with van der Waals surface area (Å²) in [7, 11) is 5.07.